The Hall–Kier alpha value is -4.50. The molecule has 0 bridgehead atoms. The number of para-hydroxylation sites is 2. The van der Waals surface area contributed by atoms with Gasteiger partial charge in [0.1, 0.15) is 22.7 Å². The molecule has 0 spiro atoms. The summed E-state index contributed by atoms with van der Waals surface area (Å²) in [7, 11) is -3.49. The molecule has 0 fully saturated rings. The van der Waals surface area contributed by atoms with E-state index >= 15 is 0 Å². The van der Waals surface area contributed by atoms with Crippen LogP contribution in [-0.2, 0) is 9.84 Å². The first-order valence-electron chi connectivity index (χ1n) is 11.1. The highest BCUT2D eigenvalue weighted by Gasteiger charge is 2.17. The molecule has 2 aromatic heterocycles. The number of hydrogen-bond donors (Lipinski definition) is 1. The van der Waals surface area contributed by atoms with Crippen LogP contribution in [-0.4, -0.2) is 35.3 Å². The molecule has 1 N–H and O–H groups in total. The number of nitrogens with zero attached hydrogens (tertiary/aromatic N) is 3. The predicted molar refractivity (Wildman–Crippen MR) is 138 cm³/mol. The quantitative estimate of drug-likeness (QED) is 0.263. The first-order chi connectivity index (χ1) is 17.4. The Balaban J connectivity index is 1.66. The molecule has 5 aromatic rings. The SMILES string of the molecule is CCS(=O)(=O)c1ccc(O)c(N=Cc2cn(-c3ccccc3)nc2-c2cc3ccccc3oc2=O)c1. The highest BCUT2D eigenvalue weighted by Crippen LogP contribution is 2.30. The van der Waals surface area contributed by atoms with Gasteiger partial charge in [-0.1, -0.05) is 43.3 Å². The van der Waals surface area contributed by atoms with Gasteiger partial charge < -0.3 is 9.52 Å². The standard InChI is InChI=1S/C27H21N3O5S/c1-2-36(33,34)21-12-13-24(31)23(15-21)28-16-19-17-30(20-9-4-3-5-10-20)29-26(19)22-14-18-8-6-7-11-25(18)35-27(22)32/h3-17,31H,2H2,1H3. The molecule has 0 radical (unpaired) electrons. The number of sulfone groups is 1. The summed E-state index contributed by atoms with van der Waals surface area (Å²) in [5.74, 6) is -0.254. The first-order valence-corrected chi connectivity index (χ1v) is 12.8. The second-order valence-corrected chi connectivity index (χ2v) is 10.3. The molecule has 8 nitrogen and oxygen atoms in total. The van der Waals surface area contributed by atoms with Crippen molar-refractivity contribution in [3.63, 3.8) is 0 Å². The molecular weight excluding hydrogens is 478 g/mol. The number of fused-ring (bicyclic) bond motifs is 1. The third-order valence-corrected chi connectivity index (χ3v) is 7.42. The van der Waals surface area contributed by atoms with E-state index in [1.807, 2.05) is 42.5 Å². The average molecular weight is 500 g/mol. The fourth-order valence-corrected chi connectivity index (χ4v) is 4.64. The van der Waals surface area contributed by atoms with E-state index < -0.39 is 15.5 Å². The van der Waals surface area contributed by atoms with Crippen LogP contribution in [0.25, 0.3) is 27.9 Å². The van der Waals surface area contributed by atoms with Crippen molar-refractivity contribution in [2.45, 2.75) is 11.8 Å². The van der Waals surface area contributed by atoms with Gasteiger partial charge in [0.15, 0.2) is 9.84 Å². The topological polar surface area (TPSA) is 115 Å². The van der Waals surface area contributed by atoms with Crippen LogP contribution in [0.5, 0.6) is 5.75 Å². The number of hydrogen-bond acceptors (Lipinski definition) is 7. The normalized spacial score (nSPS) is 11.9. The number of benzene rings is 3. The Bertz CT molecular complexity index is 1770. The fraction of sp³-hybridized carbons (Fsp3) is 0.0741. The monoisotopic (exact) mass is 499 g/mol. The third-order valence-electron chi connectivity index (χ3n) is 5.69. The zero-order chi connectivity index (χ0) is 25.3. The van der Waals surface area contributed by atoms with Gasteiger partial charge in [0.2, 0.25) is 0 Å². The van der Waals surface area contributed by atoms with Gasteiger partial charge in [-0.15, -0.1) is 0 Å². The largest absolute Gasteiger partial charge is 0.506 e. The van der Waals surface area contributed by atoms with E-state index in [1.54, 1.807) is 36.0 Å². The lowest BCUT2D eigenvalue weighted by Gasteiger charge is -2.04. The molecule has 180 valence electrons. The van der Waals surface area contributed by atoms with Gasteiger partial charge in [0.25, 0.3) is 0 Å². The molecule has 0 aliphatic rings. The van der Waals surface area contributed by atoms with Crippen molar-refractivity contribution in [2.24, 2.45) is 4.99 Å². The summed E-state index contributed by atoms with van der Waals surface area (Å²) < 4.78 is 31.7. The zero-order valence-electron chi connectivity index (χ0n) is 19.2. The maximum atomic E-state index is 12.9. The van der Waals surface area contributed by atoms with Crippen LogP contribution in [0, 0.1) is 0 Å². The summed E-state index contributed by atoms with van der Waals surface area (Å²) in [6.07, 6.45) is 3.14. The molecule has 9 heteroatoms. The van der Waals surface area contributed by atoms with Crippen molar-refractivity contribution in [1.82, 2.24) is 9.78 Å². The van der Waals surface area contributed by atoms with E-state index in [4.69, 9.17) is 4.42 Å². The van der Waals surface area contributed by atoms with Crippen molar-refractivity contribution in [2.75, 3.05) is 5.75 Å². The summed E-state index contributed by atoms with van der Waals surface area (Å²) in [6.45, 7) is 1.55. The van der Waals surface area contributed by atoms with Crippen LogP contribution in [0.15, 0.2) is 104 Å². The second kappa shape index (κ2) is 9.27. The lowest BCUT2D eigenvalue weighted by molar-refractivity contribution is 0.476. The Kier molecular flexibility index (Phi) is 5.99. The molecule has 3 aromatic carbocycles. The molecule has 2 heterocycles. The molecule has 0 aliphatic carbocycles. The van der Waals surface area contributed by atoms with Gasteiger partial charge in [-0.05, 0) is 42.5 Å². The van der Waals surface area contributed by atoms with Crippen LogP contribution in [0.2, 0.25) is 0 Å². The molecule has 0 atom stereocenters. The van der Waals surface area contributed by atoms with Gasteiger partial charge in [-0.3, -0.25) is 4.99 Å². The van der Waals surface area contributed by atoms with Crippen LogP contribution in [0.1, 0.15) is 12.5 Å². The fourth-order valence-electron chi connectivity index (χ4n) is 3.74. The Labute approximate surface area is 206 Å². The Morgan fingerprint density at radius 2 is 1.78 bits per heavy atom. The Morgan fingerprint density at radius 1 is 1.03 bits per heavy atom. The van der Waals surface area contributed by atoms with Gasteiger partial charge in [0, 0.05) is 23.4 Å². The van der Waals surface area contributed by atoms with Crippen molar-refractivity contribution >= 4 is 32.7 Å². The van der Waals surface area contributed by atoms with Crippen molar-refractivity contribution in [1.29, 1.82) is 0 Å². The highest BCUT2D eigenvalue weighted by atomic mass is 32.2. The van der Waals surface area contributed by atoms with Gasteiger partial charge in [-0.25, -0.2) is 17.9 Å². The van der Waals surface area contributed by atoms with Gasteiger partial charge in [0.05, 0.1) is 21.9 Å². The minimum atomic E-state index is -3.49. The lowest BCUT2D eigenvalue weighted by atomic mass is 10.1. The van der Waals surface area contributed by atoms with Crippen LogP contribution in [0.4, 0.5) is 5.69 Å². The van der Waals surface area contributed by atoms with E-state index in [-0.39, 0.29) is 27.6 Å². The van der Waals surface area contributed by atoms with E-state index in [1.165, 1.54) is 24.4 Å². The van der Waals surface area contributed by atoms with E-state index in [2.05, 4.69) is 10.1 Å². The predicted octanol–water partition coefficient (Wildman–Crippen LogP) is 4.90. The van der Waals surface area contributed by atoms with Crippen LogP contribution in [0.3, 0.4) is 0 Å². The van der Waals surface area contributed by atoms with E-state index in [9.17, 15) is 18.3 Å². The van der Waals surface area contributed by atoms with E-state index in [0.29, 0.717) is 16.8 Å². The molecule has 0 aliphatic heterocycles. The minimum Gasteiger partial charge on any atom is -0.506 e. The number of phenols is 1. The van der Waals surface area contributed by atoms with Gasteiger partial charge in [-0.2, -0.15) is 5.10 Å². The van der Waals surface area contributed by atoms with Gasteiger partial charge >= 0.3 is 5.63 Å². The maximum absolute atomic E-state index is 12.9. The summed E-state index contributed by atoms with van der Waals surface area (Å²) >= 11 is 0. The number of aromatic hydroxyl groups is 1. The molecule has 0 amide bonds. The molecule has 36 heavy (non-hydrogen) atoms. The number of aromatic nitrogens is 2. The maximum Gasteiger partial charge on any atom is 0.345 e. The van der Waals surface area contributed by atoms with E-state index in [0.717, 1.165) is 11.1 Å². The third kappa shape index (κ3) is 4.44. The molecule has 0 unspecified atom stereocenters. The summed E-state index contributed by atoms with van der Waals surface area (Å²) in [4.78, 5) is 17.3. The molecular formula is C27H21N3O5S. The summed E-state index contributed by atoms with van der Waals surface area (Å²) in [6, 6.07) is 22.2. The molecule has 0 saturated carbocycles. The highest BCUT2D eigenvalue weighted by molar-refractivity contribution is 7.91. The molecule has 5 rings (SSSR count). The number of aliphatic imine (C=N–C) groups is 1. The van der Waals surface area contributed by atoms with Crippen LogP contribution >= 0.6 is 0 Å². The molecule has 0 saturated heterocycles. The zero-order valence-corrected chi connectivity index (χ0v) is 20.0. The van der Waals surface area contributed by atoms with Crippen molar-refractivity contribution < 1.29 is 17.9 Å². The minimum absolute atomic E-state index is 0.0605. The average Bonchev–Trinajstić information content (AvgIpc) is 3.32. The number of phenolic OH excluding ortho intramolecular Hbond substituents is 1. The lowest BCUT2D eigenvalue weighted by Crippen LogP contribution is -2.05. The number of rotatable bonds is 6. The Morgan fingerprint density at radius 3 is 2.56 bits per heavy atom. The van der Waals surface area contributed by atoms with Crippen molar-refractivity contribution in [3.8, 4) is 22.7 Å². The second-order valence-electron chi connectivity index (χ2n) is 8.01. The first kappa shape index (κ1) is 23.3. The van der Waals surface area contributed by atoms with Crippen molar-refractivity contribution in [3.05, 3.63) is 101 Å². The summed E-state index contributed by atoms with van der Waals surface area (Å²) in [5, 5.41) is 15.7. The summed E-state index contributed by atoms with van der Waals surface area (Å²) in [5.41, 5.74) is 1.80. The van der Waals surface area contributed by atoms with Crippen LogP contribution < -0.4 is 5.63 Å². The smallest absolute Gasteiger partial charge is 0.345 e.